The van der Waals surface area contributed by atoms with Gasteiger partial charge in [0.2, 0.25) is 5.91 Å². The monoisotopic (exact) mass is 367 g/mol. The molecule has 1 aliphatic heterocycles. The third-order valence-electron chi connectivity index (χ3n) is 4.79. The predicted octanol–water partition coefficient (Wildman–Crippen LogP) is 3.82. The Kier molecular flexibility index (Phi) is 6.60. The molecule has 0 aromatic heterocycles. The smallest absolute Gasteiger partial charge is 0.416 e. The Balaban J connectivity index is 1.60. The highest BCUT2D eigenvalue weighted by atomic mass is 16.6. The van der Waals surface area contributed by atoms with Gasteiger partial charge in [-0.1, -0.05) is 67.6 Å². The Bertz CT molecular complexity index is 747. The van der Waals surface area contributed by atoms with Crippen LogP contribution in [0, 0.1) is 5.92 Å². The van der Waals surface area contributed by atoms with E-state index in [0.29, 0.717) is 19.4 Å². The van der Waals surface area contributed by atoms with Gasteiger partial charge in [-0.15, -0.1) is 0 Å². The normalized spacial score (nSPS) is 17.6. The molecule has 1 heterocycles. The van der Waals surface area contributed by atoms with Crippen LogP contribution in [0.5, 0.6) is 0 Å². The van der Waals surface area contributed by atoms with Crippen LogP contribution in [-0.2, 0) is 27.3 Å². The molecule has 0 bridgehead atoms. The lowest BCUT2D eigenvalue weighted by Crippen LogP contribution is -2.44. The SMILES string of the molecule is CC[C@@H](COCc1ccccc1)C(=O)N1C(=O)OC[C@@H]1Cc1ccccc1. The number of amides is 2. The van der Waals surface area contributed by atoms with Crippen LogP contribution in [0.3, 0.4) is 0 Å². The van der Waals surface area contributed by atoms with Crippen LogP contribution in [-0.4, -0.2) is 36.2 Å². The summed E-state index contributed by atoms with van der Waals surface area (Å²) < 4.78 is 10.9. The Morgan fingerprint density at radius 2 is 1.74 bits per heavy atom. The molecule has 1 saturated heterocycles. The van der Waals surface area contributed by atoms with E-state index in [2.05, 4.69) is 0 Å². The lowest BCUT2D eigenvalue weighted by Gasteiger charge is -2.24. The second-order valence-electron chi connectivity index (χ2n) is 6.73. The van der Waals surface area contributed by atoms with Gasteiger partial charge in [-0.05, 0) is 24.0 Å². The van der Waals surface area contributed by atoms with E-state index < -0.39 is 6.09 Å². The molecule has 5 nitrogen and oxygen atoms in total. The maximum absolute atomic E-state index is 13.0. The molecule has 2 aromatic carbocycles. The van der Waals surface area contributed by atoms with Crippen molar-refractivity contribution < 1.29 is 19.1 Å². The van der Waals surface area contributed by atoms with Gasteiger partial charge in [0, 0.05) is 0 Å². The minimum atomic E-state index is -0.553. The van der Waals surface area contributed by atoms with Crippen molar-refractivity contribution in [3.05, 3.63) is 71.8 Å². The maximum atomic E-state index is 13.0. The van der Waals surface area contributed by atoms with Gasteiger partial charge in [0.15, 0.2) is 0 Å². The van der Waals surface area contributed by atoms with E-state index in [1.165, 1.54) is 4.90 Å². The molecule has 2 amide bonds. The molecule has 27 heavy (non-hydrogen) atoms. The minimum absolute atomic E-state index is 0.214. The van der Waals surface area contributed by atoms with Crippen molar-refractivity contribution in [2.75, 3.05) is 13.2 Å². The van der Waals surface area contributed by atoms with E-state index in [9.17, 15) is 9.59 Å². The maximum Gasteiger partial charge on any atom is 0.416 e. The summed E-state index contributed by atoms with van der Waals surface area (Å²) in [5.41, 5.74) is 2.13. The Hall–Kier alpha value is -2.66. The van der Waals surface area contributed by atoms with E-state index in [1.807, 2.05) is 67.6 Å². The van der Waals surface area contributed by atoms with E-state index in [0.717, 1.165) is 11.1 Å². The summed E-state index contributed by atoms with van der Waals surface area (Å²) in [4.78, 5) is 26.4. The molecule has 3 rings (SSSR count). The average Bonchev–Trinajstić information content (AvgIpc) is 3.06. The number of benzene rings is 2. The molecule has 1 fully saturated rings. The van der Waals surface area contributed by atoms with Crippen molar-refractivity contribution in [3.8, 4) is 0 Å². The number of hydrogen-bond acceptors (Lipinski definition) is 4. The van der Waals surface area contributed by atoms with Crippen LogP contribution in [0.25, 0.3) is 0 Å². The van der Waals surface area contributed by atoms with Crippen LogP contribution in [0.15, 0.2) is 60.7 Å². The third kappa shape index (κ3) is 4.95. The van der Waals surface area contributed by atoms with Gasteiger partial charge in [0.05, 0.1) is 25.2 Å². The summed E-state index contributed by atoms with van der Waals surface area (Å²) in [6, 6.07) is 19.4. The zero-order valence-corrected chi connectivity index (χ0v) is 15.5. The lowest BCUT2D eigenvalue weighted by molar-refractivity contribution is -0.135. The molecule has 0 unspecified atom stereocenters. The number of rotatable bonds is 8. The van der Waals surface area contributed by atoms with Gasteiger partial charge in [0.25, 0.3) is 0 Å². The first-order chi connectivity index (χ1) is 13.2. The molecule has 2 atom stereocenters. The molecule has 0 aliphatic carbocycles. The van der Waals surface area contributed by atoms with Gasteiger partial charge < -0.3 is 9.47 Å². The van der Waals surface area contributed by atoms with Crippen molar-refractivity contribution in [2.45, 2.75) is 32.4 Å². The Labute approximate surface area is 159 Å². The second kappa shape index (κ2) is 9.33. The summed E-state index contributed by atoms with van der Waals surface area (Å²) in [7, 11) is 0. The van der Waals surface area contributed by atoms with Crippen molar-refractivity contribution in [3.63, 3.8) is 0 Å². The van der Waals surface area contributed by atoms with E-state index in [1.54, 1.807) is 0 Å². The molecule has 5 heteroatoms. The fourth-order valence-electron chi connectivity index (χ4n) is 3.22. The van der Waals surface area contributed by atoms with Gasteiger partial charge in [-0.25, -0.2) is 9.69 Å². The number of cyclic esters (lactones) is 1. The van der Waals surface area contributed by atoms with Crippen molar-refractivity contribution in [1.82, 2.24) is 4.90 Å². The summed E-state index contributed by atoms with van der Waals surface area (Å²) in [6.45, 7) is 2.90. The molecular weight excluding hydrogens is 342 g/mol. The summed E-state index contributed by atoms with van der Waals surface area (Å²) in [5, 5.41) is 0. The molecule has 0 spiro atoms. The summed E-state index contributed by atoms with van der Waals surface area (Å²) in [5.74, 6) is -0.577. The second-order valence-corrected chi connectivity index (χ2v) is 6.73. The predicted molar refractivity (Wildman–Crippen MR) is 102 cm³/mol. The first-order valence-electron chi connectivity index (χ1n) is 9.34. The number of nitrogens with zero attached hydrogens (tertiary/aromatic N) is 1. The topological polar surface area (TPSA) is 55.8 Å². The first kappa shape index (κ1) is 19.1. The van der Waals surface area contributed by atoms with E-state index in [-0.39, 0.29) is 31.1 Å². The number of ether oxygens (including phenoxy) is 2. The molecule has 1 aliphatic rings. The number of hydrogen-bond donors (Lipinski definition) is 0. The minimum Gasteiger partial charge on any atom is -0.447 e. The van der Waals surface area contributed by atoms with Crippen molar-refractivity contribution in [1.29, 1.82) is 0 Å². The molecular formula is C22H25NO4. The molecule has 0 saturated carbocycles. The third-order valence-corrected chi connectivity index (χ3v) is 4.79. The standard InChI is InChI=1S/C22H25NO4/c1-2-19(15-26-14-18-11-7-4-8-12-18)21(24)23-20(16-27-22(23)25)13-17-9-5-3-6-10-17/h3-12,19-20H,2,13-16H2,1H3/t19-,20-/m0/s1. The Morgan fingerprint density at radius 1 is 1.11 bits per heavy atom. The van der Waals surface area contributed by atoms with Crippen LogP contribution < -0.4 is 0 Å². The van der Waals surface area contributed by atoms with Gasteiger partial charge in [0.1, 0.15) is 6.61 Å². The average molecular weight is 367 g/mol. The van der Waals surface area contributed by atoms with Crippen molar-refractivity contribution in [2.24, 2.45) is 5.92 Å². The van der Waals surface area contributed by atoms with Gasteiger partial charge in [-0.2, -0.15) is 0 Å². The quantitative estimate of drug-likeness (QED) is 0.712. The largest absolute Gasteiger partial charge is 0.447 e. The summed E-state index contributed by atoms with van der Waals surface area (Å²) >= 11 is 0. The van der Waals surface area contributed by atoms with E-state index >= 15 is 0 Å². The fourth-order valence-corrected chi connectivity index (χ4v) is 3.22. The molecule has 0 N–H and O–H groups in total. The number of carbonyl (C=O) groups excluding carboxylic acids is 2. The number of imide groups is 1. The molecule has 0 radical (unpaired) electrons. The van der Waals surface area contributed by atoms with Crippen molar-refractivity contribution >= 4 is 12.0 Å². The zero-order valence-electron chi connectivity index (χ0n) is 15.5. The van der Waals surface area contributed by atoms with Crippen LogP contribution >= 0.6 is 0 Å². The van der Waals surface area contributed by atoms with Gasteiger partial charge in [-0.3, -0.25) is 4.79 Å². The van der Waals surface area contributed by atoms with Crippen LogP contribution in [0.4, 0.5) is 4.79 Å². The highest BCUT2D eigenvalue weighted by molar-refractivity contribution is 5.94. The Morgan fingerprint density at radius 3 is 2.37 bits per heavy atom. The molecule has 142 valence electrons. The lowest BCUT2D eigenvalue weighted by atomic mass is 10.0. The fraction of sp³-hybridized carbons (Fsp3) is 0.364. The number of carbonyl (C=O) groups is 2. The van der Waals surface area contributed by atoms with Gasteiger partial charge >= 0.3 is 6.09 Å². The first-order valence-corrected chi connectivity index (χ1v) is 9.34. The highest BCUT2D eigenvalue weighted by Gasteiger charge is 2.40. The highest BCUT2D eigenvalue weighted by Crippen LogP contribution is 2.21. The van der Waals surface area contributed by atoms with E-state index in [4.69, 9.17) is 9.47 Å². The van der Waals surface area contributed by atoms with Crippen LogP contribution in [0.1, 0.15) is 24.5 Å². The van der Waals surface area contributed by atoms with Crippen LogP contribution in [0.2, 0.25) is 0 Å². The summed E-state index contributed by atoms with van der Waals surface area (Å²) in [6.07, 6.45) is 0.650. The zero-order chi connectivity index (χ0) is 19.1. The molecule has 2 aromatic rings.